The second kappa shape index (κ2) is 16.9. The van der Waals surface area contributed by atoms with E-state index in [4.69, 9.17) is 9.90 Å². The van der Waals surface area contributed by atoms with Crippen molar-refractivity contribution >= 4 is 45.1 Å². The third kappa shape index (κ3) is 10.4. The molecule has 4 aromatic rings. The van der Waals surface area contributed by atoms with E-state index < -0.39 is 23.7 Å². The molecule has 2 fully saturated rings. The van der Waals surface area contributed by atoms with Crippen molar-refractivity contribution in [1.29, 1.82) is 0 Å². The highest BCUT2D eigenvalue weighted by molar-refractivity contribution is 7.20. The SMILES string of the molecule is O=C(NC1(C(=O)N[C@H](Cc2ccccc2)C(=O)NC2CCN(Cc3ccccn3)CC2)CCCC1)c1cc2ccccc2s1.O=C(O)C(F)(F)F. The van der Waals surface area contributed by atoms with Gasteiger partial charge in [0.05, 0.1) is 10.6 Å². The quantitative estimate of drug-likeness (QED) is 0.170. The summed E-state index contributed by atoms with van der Waals surface area (Å²) in [5, 5.41) is 17.5. The molecule has 10 nitrogen and oxygen atoms in total. The van der Waals surface area contributed by atoms with Crippen molar-refractivity contribution in [2.75, 3.05) is 13.1 Å². The fourth-order valence-electron chi connectivity index (χ4n) is 6.37. The minimum Gasteiger partial charge on any atom is -0.475 e. The lowest BCUT2D eigenvalue weighted by Gasteiger charge is -2.34. The van der Waals surface area contributed by atoms with Crippen LogP contribution in [0.25, 0.3) is 10.1 Å². The highest BCUT2D eigenvalue weighted by Crippen LogP contribution is 2.32. The Morgan fingerprint density at radius 2 is 1.59 bits per heavy atom. The Balaban J connectivity index is 0.000000654. The van der Waals surface area contributed by atoms with E-state index in [9.17, 15) is 27.6 Å². The second-order valence-electron chi connectivity index (χ2n) is 12.8. The molecule has 4 N–H and O–H groups in total. The molecule has 2 aromatic heterocycles. The number of thiophene rings is 1. The number of nitrogens with zero attached hydrogens (tertiary/aromatic N) is 2. The van der Waals surface area contributed by atoms with Gasteiger partial charge < -0.3 is 21.1 Å². The number of benzene rings is 2. The number of piperidine rings is 1. The molecule has 0 bridgehead atoms. The average Bonchev–Trinajstić information content (AvgIpc) is 3.78. The molecule has 1 saturated heterocycles. The van der Waals surface area contributed by atoms with E-state index in [1.807, 2.05) is 85.1 Å². The molecule has 0 unspecified atom stereocenters. The Morgan fingerprint density at radius 1 is 0.941 bits per heavy atom. The molecule has 1 atom stereocenters. The molecule has 3 heterocycles. The standard InChI is InChI=1S/C35H39N5O3S.C2HF3O2/c41-32(37-27-15-20-40(21-16-27)24-28-13-6-9-19-36-28)29(22-25-10-2-1-3-11-25)38-34(43)35(17-7-8-18-35)39-33(42)31-23-26-12-4-5-14-30(26)44-31;3-2(4,5)1(6)7/h1-6,9-14,19,23,27,29H,7-8,15-18,20-22,24H2,(H,37,41)(H,38,43)(H,39,42);(H,6,7)/t29-;/m1./s1. The molecule has 1 aliphatic carbocycles. The van der Waals surface area contributed by atoms with E-state index >= 15 is 0 Å². The Hall–Kier alpha value is -4.82. The smallest absolute Gasteiger partial charge is 0.475 e. The zero-order valence-electron chi connectivity index (χ0n) is 27.8. The van der Waals surface area contributed by atoms with Crippen LogP contribution in [0.4, 0.5) is 13.2 Å². The van der Waals surface area contributed by atoms with Crippen molar-refractivity contribution in [3.05, 3.63) is 101 Å². The summed E-state index contributed by atoms with van der Waals surface area (Å²) in [6.45, 7) is 2.53. The van der Waals surface area contributed by atoms with Crippen LogP contribution in [0.5, 0.6) is 0 Å². The van der Waals surface area contributed by atoms with Gasteiger partial charge in [-0.1, -0.05) is 67.4 Å². The van der Waals surface area contributed by atoms with E-state index in [1.165, 1.54) is 11.3 Å². The normalized spacial score (nSPS) is 16.8. The summed E-state index contributed by atoms with van der Waals surface area (Å²) in [7, 11) is 0. The number of alkyl halides is 3. The molecule has 2 aromatic carbocycles. The van der Waals surface area contributed by atoms with Crippen LogP contribution in [0.1, 0.15) is 59.5 Å². The predicted octanol–water partition coefficient (Wildman–Crippen LogP) is 5.48. The third-order valence-corrected chi connectivity index (χ3v) is 10.2. The molecule has 270 valence electrons. The van der Waals surface area contributed by atoms with Gasteiger partial charge in [0, 0.05) is 43.0 Å². The van der Waals surface area contributed by atoms with Crippen LogP contribution in [-0.2, 0) is 27.3 Å². The number of hydrogen-bond donors (Lipinski definition) is 4. The topological polar surface area (TPSA) is 141 Å². The number of nitrogens with one attached hydrogen (secondary N) is 3. The Bertz CT molecular complexity index is 1760. The first-order chi connectivity index (χ1) is 24.4. The molecule has 51 heavy (non-hydrogen) atoms. The highest BCUT2D eigenvalue weighted by atomic mass is 32.1. The van der Waals surface area contributed by atoms with Crippen LogP contribution < -0.4 is 16.0 Å². The minimum atomic E-state index is -5.08. The molecular weight excluding hydrogens is 683 g/mol. The first-order valence-corrected chi connectivity index (χ1v) is 17.6. The van der Waals surface area contributed by atoms with E-state index in [0.29, 0.717) is 24.1 Å². The van der Waals surface area contributed by atoms with E-state index in [1.54, 1.807) is 0 Å². The van der Waals surface area contributed by atoms with Crippen LogP contribution in [0.3, 0.4) is 0 Å². The number of aliphatic carboxylic acids is 1. The Morgan fingerprint density at radius 3 is 2.22 bits per heavy atom. The van der Waals surface area contributed by atoms with Gasteiger partial charge in [-0.25, -0.2) is 4.79 Å². The number of pyridine rings is 1. The van der Waals surface area contributed by atoms with Crippen LogP contribution in [0.2, 0.25) is 0 Å². The fourth-order valence-corrected chi connectivity index (χ4v) is 7.33. The van der Waals surface area contributed by atoms with Gasteiger partial charge in [0.15, 0.2) is 0 Å². The van der Waals surface area contributed by atoms with Crippen molar-refractivity contribution in [2.24, 2.45) is 0 Å². The number of amides is 3. The van der Waals surface area contributed by atoms with Crippen LogP contribution in [0, 0.1) is 0 Å². The number of hydrogen-bond acceptors (Lipinski definition) is 7. The Labute approximate surface area is 297 Å². The summed E-state index contributed by atoms with van der Waals surface area (Å²) >= 11 is 1.42. The molecule has 1 saturated carbocycles. The van der Waals surface area contributed by atoms with Crippen molar-refractivity contribution < 1.29 is 37.5 Å². The molecule has 14 heteroatoms. The summed E-state index contributed by atoms with van der Waals surface area (Å²) in [6, 6.07) is 24.7. The van der Waals surface area contributed by atoms with Gasteiger partial charge in [-0.3, -0.25) is 24.3 Å². The van der Waals surface area contributed by atoms with Crippen molar-refractivity contribution in [3.63, 3.8) is 0 Å². The molecule has 1 aliphatic heterocycles. The van der Waals surface area contributed by atoms with E-state index in [-0.39, 0.29) is 23.8 Å². The summed E-state index contributed by atoms with van der Waals surface area (Å²) in [6.07, 6.45) is 1.54. The molecule has 0 spiro atoms. The third-order valence-electron chi connectivity index (χ3n) is 9.09. The highest BCUT2D eigenvalue weighted by Gasteiger charge is 2.44. The van der Waals surface area contributed by atoms with Crippen molar-refractivity contribution in [1.82, 2.24) is 25.8 Å². The zero-order valence-corrected chi connectivity index (χ0v) is 28.6. The van der Waals surface area contributed by atoms with Gasteiger partial charge in [-0.15, -0.1) is 11.3 Å². The van der Waals surface area contributed by atoms with Gasteiger partial charge in [0.25, 0.3) is 5.91 Å². The number of carboxylic acids is 1. The average molecular weight is 724 g/mol. The van der Waals surface area contributed by atoms with Crippen molar-refractivity contribution in [3.8, 4) is 0 Å². The number of fused-ring (bicyclic) bond motifs is 1. The van der Waals surface area contributed by atoms with Crippen molar-refractivity contribution in [2.45, 2.75) is 75.3 Å². The van der Waals surface area contributed by atoms with E-state index in [2.05, 4.69) is 25.8 Å². The number of aromatic nitrogens is 1. The number of rotatable bonds is 10. The molecule has 6 rings (SSSR count). The maximum Gasteiger partial charge on any atom is 0.490 e. The zero-order chi connectivity index (χ0) is 36.4. The monoisotopic (exact) mass is 723 g/mol. The summed E-state index contributed by atoms with van der Waals surface area (Å²) < 4.78 is 32.8. The van der Waals surface area contributed by atoms with Crippen LogP contribution in [-0.4, -0.2) is 75.6 Å². The molecular formula is C37H40F3N5O5S. The van der Waals surface area contributed by atoms with E-state index in [0.717, 1.165) is 66.7 Å². The first kappa shape index (κ1) is 37.4. The van der Waals surface area contributed by atoms with Gasteiger partial charge in [0.1, 0.15) is 11.6 Å². The maximum absolute atomic E-state index is 14.0. The maximum atomic E-state index is 14.0. The second-order valence-corrected chi connectivity index (χ2v) is 13.9. The number of halogens is 3. The first-order valence-electron chi connectivity index (χ1n) is 16.8. The van der Waals surface area contributed by atoms with Crippen LogP contribution in [0.15, 0.2) is 85.1 Å². The lowest BCUT2D eigenvalue weighted by atomic mass is 9.94. The lowest BCUT2D eigenvalue weighted by Crippen LogP contribution is -2.61. The summed E-state index contributed by atoms with van der Waals surface area (Å²) in [5.41, 5.74) is 0.966. The number of carboxylic acid groups (broad SMARTS) is 1. The van der Waals surface area contributed by atoms with Crippen LogP contribution >= 0.6 is 11.3 Å². The molecule has 3 amide bonds. The fraction of sp³-hybridized carbons (Fsp3) is 0.378. The summed E-state index contributed by atoms with van der Waals surface area (Å²) in [5.74, 6) is -3.47. The number of likely N-dealkylation sites (tertiary alicyclic amines) is 1. The lowest BCUT2D eigenvalue weighted by molar-refractivity contribution is -0.192. The predicted molar refractivity (Wildman–Crippen MR) is 187 cm³/mol. The summed E-state index contributed by atoms with van der Waals surface area (Å²) in [4.78, 5) is 57.5. The minimum absolute atomic E-state index is 0.0331. The van der Waals surface area contributed by atoms with Gasteiger partial charge in [-0.2, -0.15) is 13.2 Å². The van der Waals surface area contributed by atoms with Gasteiger partial charge in [0.2, 0.25) is 11.8 Å². The van der Waals surface area contributed by atoms with Gasteiger partial charge >= 0.3 is 12.1 Å². The number of carbonyl (C=O) groups is 4. The molecule has 0 radical (unpaired) electrons. The molecule has 2 aliphatic rings. The number of carbonyl (C=O) groups excluding carboxylic acids is 3. The largest absolute Gasteiger partial charge is 0.490 e. The Kier molecular flexibility index (Phi) is 12.4. The van der Waals surface area contributed by atoms with Gasteiger partial charge in [-0.05, 0) is 60.9 Å².